The first-order chi connectivity index (χ1) is 13.7. The fraction of sp³-hybridized carbons (Fsp3) is 0.100. The molecule has 0 unspecified atom stereocenters. The molecule has 0 saturated carbocycles. The van der Waals surface area contributed by atoms with Gasteiger partial charge in [0.1, 0.15) is 12.4 Å². The number of aromatic nitrogens is 4. The molecule has 28 heavy (non-hydrogen) atoms. The van der Waals surface area contributed by atoms with Crippen LogP contribution in [0.4, 0.5) is 5.69 Å². The second-order valence-electron chi connectivity index (χ2n) is 5.95. The molecular formula is C20H17N5O2S. The third kappa shape index (κ3) is 4.07. The number of hydrogen-bond acceptors (Lipinski definition) is 6. The Balaban J connectivity index is 1.48. The lowest BCUT2D eigenvalue weighted by molar-refractivity contribution is 0.102. The van der Waals surface area contributed by atoms with Gasteiger partial charge in [0.2, 0.25) is 0 Å². The molecule has 3 heterocycles. The average molecular weight is 391 g/mol. The molecule has 0 radical (unpaired) electrons. The number of pyridine rings is 1. The summed E-state index contributed by atoms with van der Waals surface area (Å²) in [6.45, 7) is 2.32. The van der Waals surface area contributed by atoms with Crippen molar-refractivity contribution in [2.24, 2.45) is 0 Å². The number of hydrogen-bond donors (Lipinski definition) is 1. The Morgan fingerprint density at radius 2 is 2.14 bits per heavy atom. The Morgan fingerprint density at radius 1 is 1.21 bits per heavy atom. The summed E-state index contributed by atoms with van der Waals surface area (Å²) in [6, 6.07) is 12.4. The van der Waals surface area contributed by atoms with Gasteiger partial charge in [-0.1, -0.05) is 6.07 Å². The van der Waals surface area contributed by atoms with E-state index in [1.165, 1.54) is 0 Å². The minimum absolute atomic E-state index is 0.253. The van der Waals surface area contributed by atoms with Crippen molar-refractivity contribution in [2.75, 3.05) is 5.32 Å². The molecule has 7 nitrogen and oxygen atoms in total. The summed E-state index contributed by atoms with van der Waals surface area (Å²) >= 11 is 1.58. The Morgan fingerprint density at radius 3 is 2.93 bits per heavy atom. The third-order valence-electron chi connectivity index (χ3n) is 3.91. The van der Waals surface area contributed by atoms with Crippen LogP contribution >= 0.6 is 11.3 Å². The second-order valence-corrected chi connectivity index (χ2v) is 7.02. The number of ether oxygens (including phenoxy) is 1. The van der Waals surface area contributed by atoms with Crippen molar-refractivity contribution in [3.63, 3.8) is 0 Å². The molecule has 4 aromatic rings. The second kappa shape index (κ2) is 8.01. The van der Waals surface area contributed by atoms with E-state index in [0.717, 1.165) is 10.7 Å². The quantitative estimate of drug-likeness (QED) is 0.540. The van der Waals surface area contributed by atoms with E-state index in [1.54, 1.807) is 71.0 Å². The van der Waals surface area contributed by atoms with Crippen LogP contribution in [0.3, 0.4) is 0 Å². The first kappa shape index (κ1) is 17.9. The number of amides is 1. The Kier molecular flexibility index (Phi) is 5.11. The third-order valence-corrected chi connectivity index (χ3v) is 4.73. The molecule has 3 aromatic heterocycles. The number of anilines is 1. The van der Waals surface area contributed by atoms with E-state index in [-0.39, 0.29) is 5.91 Å². The Labute approximate surface area is 165 Å². The molecule has 1 aromatic carbocycles. The smallest absolute Gasteiger partial charge is 0.255 e. The number of rotatable bonds is 6. The van der Waals surface area contributed by atoms with Crippen molar-refractivity contribution in [1.82, 2.24) is 19.7 Å². The summed E-state index contributed by atoms with van der Waals surface area (Å²) < 4.78 is 7.37. The van der Waals surface area contributed by atoms with Crippen LogP contribution in [0.5, 0.6) is 5.75 Å². The monoisotopic (exact) mass is 391 g/mol. The van der Waals surface area contributed by atoms with Crippen molar-refractivity contribution in [2.45, 2.75) is 13.5 Å². The van der Waals surface area contributed by atoms with Gasteiger partial charge in [-0.15, -0.1) is 11.3 Å². The predicted molar refractivity (Wildman–Crippen MR) is 107 cm³/mol. The summed E-state index contributed by atoms with van der Waals surface area (Å²) in [4.78, 5) is 21.4. The highest BCUT2D eigenvalue weighted by Gasteiger charge is 2.12. The van der Waals surface area contributed by atoms with Gasteiger partial charge in [0.25, 0.3) is 5.91 Å². The van der Waals surface area contributed by atoms with Crippen LogP contribution in [0.15, 0.2) is 66.4 Å². The van der Waals surface area contributed by atoms with Gasteiger partial charge in [0.15, 0.2) is 5.82 Å². The zero-order valence-corrected chi connectivity index (χ0v) is 15.9. The Hall–Kier alpha value is -3.52. The molecule has 8 heteroatoms. The molecule has 1 amide bonds. The summed E-state index contributed by atoms with van der Waals surface area (Å²) in [5, 5.41) is 10.0. The summed E-state index contributed by atoms with van der Waals surface area (Å²) in [7, 11) is 0. The predicted octanol–water partition coefficient (Wildman–Crippen LogP) is 3.86. The normalized spacial score (nSPS) is 10.6. The fourth-order valence-corrected chi connectivity index (χ4v) is 3.22. The van der Waals surface area contributed by atoms with Crippen LogP contribution in [-0.4, -0.2) is 25.7 Å². The number of thiazole rings is 1. The van der Waals surface area contributed by atoms with Crippen molar-refractivity contribution >= 4 is 22.9 Å². The summed E-state index contributed by atoms with van der Waals surface area (Å²) in [5.74, 6) is 0.903. The van der Waals surface area contributed by atoms with Gasteiger partial charge in [0.05, 0.1) is 16.4 Å². The molecule has 0 bridgehead atoms. The lowest BCUT2D eigenvalue weighted by Crippen LogP contribution is -2.14. The summed E-state index contributed by atoms with van der Waals surface area (Å²) in [6.07, 6.45) is 5.08. The SMILES string of the molecule is Cc1nc(COc2cccc(C(=O)Nc3cccnc3-n3cccn3)c2)cs1. The molecule has 0 aliphatic heterocycles. The zero-order chi connectivity index (χ0) is 19.3. The maximum Gasteiger partial charge on any atom is 0.255 e. The number of nitrogens with zero attached hydrogens (tertiary/aromatic N) is 4. The first-order valence-electron chi connectivity index (χ1n) is 8.59. The number of benzene rings is 1. The zero-order valence-electron chi connectivity index (χ0n) is 15.1. The van der Waals surface area contributed by atoms with Crippen molar-refractivity contribution < 1.29 is 9.53 Å². The van der Waals surface area contributed by atoms with Crippen LogP contribution in [0.1, 0.15) is 21.1 Å². The average Bonchev–Trinajstić information content (AvgIpc) is 3.39. The summed E-state index contributed by atoms with van der Waals surface area (Å²) in [5.41, 5.74) is 1.93. The van der Waals surface area contributed by atoms with Gasteiger partial charge in [-0.05, 0) is 43.3 Å². The number of nitrogens with one attached hydrogen (secondary N) is 1. The highest BCUT2D eigenvalue weighted by molar-refractivity contribution is 7.09. The minimum Gasteiger partial charge on any atom is -0.487 e. The van der Waals surface area contributed by atoms with E-state index < -0.39 is 0 Å². The molecule has 0 spiro atoms. The molecule has 0 aliphatic carbocycles. The minimum atomic E-state index is -0.253. The maximum atomic E-state index is 12.7. The topological polar surface area (TPSA) is 81.9 Å². The number of carbonyl (C=O) groups is 1. The van der Waals surface area contributed by atoms with Crippen LogP contribution < -0.4 is 10.1 Å². The van der Waals surface area contributed by atoms with E-state index in [4.69, 9.17) is 4.74 Å². The standard InChI is InChI=1S/C20H17N5O2S/c1-14-23-16(13-28-14)12-27-17-6-2-5-15(11-17)20(26)24-18-7-3-8-21-19(18)25-10-4-9-22-25/h2-11,13H,12H2,1H3,(H,24,26). The van der Waals surface area contributed by atoms with Gasteiger partial charge < -0.3 is 10.1 Å². The molecule has 4 rings (SSSR count). The van der Waals surface area contributed by atoms with Crippen LogP contribution in [-0.2, 0) is 6.61 Å². The molecule has 1 N–H and O–H groups in total. The van der Waals surface area contributed by atoms with Crippen LogP contribution in [0.2, 0.25) is 0 Å². The van der Waals surface area contributed by atoms with Crippen molar-refractivity contribution in [3.05, 3.63) is 82.7 Å². The van der Waals surface area contributed by atoms with Crippen LogP contribution in [0, 0.1) is 6.92 Å². The van der Waals surface area contributed by atoms with Gasteiger partial charge in [-0.3, -0.25) is 4.79 Å². The van der Waals surface area contributed by atoms with Crippen molar-refractivity contribution in [3.8, 4) is 11.6 Å². The number of carbonyl (C=O) groups excluding carboxylic acids is 1. The van der Waals surface area contributed by atoms with E-state index >= 15 is 0 Å². The molecule has 0 fully saturated rings. The fourth-order valence-electron chi connectivity index (χ4n) is 2.62. The van der Waals surface area contributed by atoms with E-state index in [0.29, 0.717) is 29.4 Å². The molecule has 0 aliphatic rings. The van der Waals surface area contributed by atoms with Crippen LogP contribution in [0.25, 0.3) is 5.82 Å². The lowest BCUT2D eigenvalue weighted by Gasteiger charge is -2.11. The van der Waals surface area contributed by atoms with Gasteiger partial charge in [0, 0.05) is 29.5 Å². The number of aryl methyl sites for hydroxylation is 1. The molecule has 140 valence electrons. The molecule has 0 atom stereocenters. The molecule has 0 saturated heterocycles. The highest BCUT2D eigenvalue weighted by atomic mass is 32.1. The van der Waals surface area contributed by atoms with Gasteiger partial charge in [-0.2, -0.15) is 5.10 Å². The Bertz CT molecular complexity index is 1090. The lowest BCUT2D eigenvalue weighted by atomic mass is 10.2. The van der Waals surface area contributed by atoms with E-state index in [2.05, 4.69) is 20.4 Å². The largest absolute Gasteiger partial charge is 0.487 e. The van der Waals surface area contributed by atoms with Gasteiger partial charge in [-0.25, -0.2) is 14.6 Å². The highest BCUT2D eigenvalue weighted by Crippen LogP contribution is 2.20. The maximum absolute atomic E-state index is 12.7. The van der Waals surface area contributed by atoms with E-state index in [9.17, 15) is 4.79 Å². The van der Waals surface area contributed by atoms with E-state index in [1.807, 2.05) is 18.4 Å². The first-order valence-corrected chi connectivity index (χ1v) is 9.47. The molecular weight excluding hydrogens is 374 g/mol. The van der Waals surface area contributed by atoms with Crippen molar-refractivity contribution in [1.29, 1.82) is 0 Å². The van der Waals surface area contributed by atoms with Gasteiger partial charge >= 0.3 is 0 Å².